The highest BCUT2D eigenvalue weighted by Crippen LogP contribution is 2.23. The third kappa shape index (κ3) is 5.43. The van der Waals surface area contributed by atoms with Gasteiger partial charge < -0.3 is 10.2 Å². The Morgan fingerprint density at radius 2 is 1.75 bits per heavy atom. The molecule has 0 bridgehead atoms. The van der Waals surface area contributed by atoms with Crippen LogP contribution in [0.25, 0.3) is 0 Å². The molecule has 0 atom stereocenters. The fraction of sp³-hybridized carbons (Fsp3) is 0.350. The summed E-state index contributed by atoms with van der Waals surface area (Å²) < 4.78 is 0. The molecule has 0 saturated carbocycles. The van der Waals surface area contributed by atoms with Gasteiger partial charge in [-0.3, -0.25) is 19.8 Å². The van der Waals surface area contributed by atoms with Crippen LogP contribution in [0, 0.1) is 10.1 Å². The Kier molecular flexibility index (Phi) is 6.84. The second-order valence-electron chi connectivity index (χ2n) is 6.73. The van der Waals surface area contributed by atoms with E-state index < -0.39 is 4.92 Å². The molecule has 1 aliphatic heterocycles. The van der Waals surface area contributed by atoms with Gasteiger partial charge in [-0.05, 0) is 23.8 Å². The lowest BCUT2D eigenvalue weighted by molar-refractivity contribution is -0.384. The van der Waals surface area contributed by atoms with E-state index in [0.29, 0.717) is 31.7 Å². The van der Waals surface area contributed by atoms with Gasteiger partial charge in [-0.2, -0.15) is 0 Å². The lowest BCUT2D eigenvalue weighted by Gasteiger charge is -2.34. The molecule has 148 valence electrons. The van der Waals surface area contributed by atoms with E-state index in [0.717, 1.165) is 24.7 Å². The van der Waals surface area contributed by atoms with Crippen molar-refractivity contribution in [2.45, 2.75) is 13.0 Å². The number of para-hydroxylation sites is 2. The van der Waals surface area contributed by atoms with Gasteiger partial charge in [-0.1, -0.05) is 35.9 Å². The van der Waals surface area contributed by atoms with E-state index >= 15 is 0 Å². The maximum absolute atomic E-state index is 12.4. The van der Waals surface area contributed by atoms with Gasteiger partial charge in [-0.25, -0.2) is 0 Å². The number of carbonyl (C=O) groups is 1. The minimum atomic E-state index is -0.427. The fourth-order valence-electron chi connectivity index (χ4n) is 3.25. The number of carbonyl (C=O) groups excluding carboxylic acids is 1. The maximum Gasteiger partial charge on any atom is 0.292 e. The number of nitrogens with one attached hydrogen (secondary N) is 1. The lowest BCUT2D eigenvalue weighted by atomic mass is 10.2. The summed E-state index contributed by atoms with van der Waals surface area (Å²) >= 11 is 5.92. The van der Waals surface area contributed by atoms with Crippen molar-refractivity contribution in [3.63, 3.8) is 0 Å². The van der Waals surface area contributed by atoms with Gasteiger partial charge in [0.25, 0.3) is 5.69 Å². The monoisotopic (exact) mass is 402 g/mol. The normalized spacial score (nSPS) is 14.7. The number of nitrogens with zero attached hydrogens (tertiary/aromatic N) is 3. The highest BCUT2D eigenvalue weighted by Gasteiger charge is 2.21. The molecular formula is C20H23ClN4O3. The van der Waals surface area contributed by atoms with E-state index in [1.54, 1.807) is 18.2 Å². The molecule has 1 N–H and O–H groups in total. The zero-order chi connectivity index (χ0) is 19.9. The van der Waals surface area contributed by atoms with Crippen LogP contribution in [0.3, 0.4) is 0 Å². The van der Waals surface area contributed by atoms with Gasteiger partial charge in [0.2, 0.25) is 5.91 Å². The SMILES string of the molecule is O=C(CCNc1ccccc1[N+](=O)[O-])N1CCN(Cc2ccc(Cl)cc2)CC1. The molecule has 0 aromatic heterocycles. The molecule has 1 saturated heterocycles. The molecule has 8 heteroatoms. The summed E-state index contributed by atoms with van der Waals surface area (Å²) in [6, 6.07) is 14.3. The first kappa shape index (κ1) is 20.1. The maximum atomic E-state index is 12.4. The Hall–Kier alpha value is -2.64. The molecular weight excluding hydrogens is 380 g/mol. The first-order valence-corrected chi connectivity index (χ1v) is 9.62. The van der Waals surface area contributed by atoms with Crippen LogP contribution in [0.15, 0.2) is 48.5 Å². The first-order chi connectivity index (χ1) is 13.5. The second kappa shape index (κ2) is 9.52. The number of nitro groups is 1. The minimum Gasteiger partial charge on any atom is -0.379 e. The summed E-state index contributed by atoms with van der Waals surface area (Å²) in [5.74, 6) is 0.0669. The van der Waals surface area contributed by atoms with E-state index in [9.17, 15) is 14.9 Å². The summed E-state index contributed by atoms with van der Waals surface area (Å²) in [5.41, 5.74) is 1.66. The average Bonchev–Trinajstić information content (AvgIpc) is 2.70. The van der Waals surface area contributed by atoms with Crippen LogP contribution in [0.1, 0.15) is 12.0 Å². The highest BCUT2D eigenvalue weighted by atomic mass is 35.5. The molecule has 7 nitrogen and oxygen atoms in total. The molecule has 0 spiro atoms. The number of rotatable bonds is 7. The van der Waals surface area contributed by atoms with Gasteiger partial charge in [-0.15, -0.1) is 0 Å². The average molecular weight is 403 g/mol. The number of hydrogen-bond acceptors (Lipinski definition) is 5. The molecule has 1 fully saturated rings. The Labute approximate surface area is 169 Å². The van der Waals surface area contributed by atoms with Crippen LogP contribution in [0.5, 0.6) is 0 Å². The van der Waals surface area contributed by atoms with Crippen LogP contribution in [0.4, 0.5) is 11.4 Å². The van der Waals surface area contributed by atoms with Crippen molar-refractivity contribution in [3.8, 4) is 0 Å². The van der Waals surface area contributed by atoms with Crippen LogP contribution >= 0.6 is 11.6 Å². The summed E-state index contributed by atoms with van der Waals surface area (Å²) in [6.45, 7) is 4.25. The fourth-order valence-corrected chi connectivity index (χ4v) is 3.37. The van der Waals surface area contributed by atoms with Gasteiger partial charge in [0.15, 0.2) is 0 Å². The predicted molar refractivity (Wildman–Crippen MR) is 110 cm³/mol. The quantitative estimate of drug-likeness (QED) is 0.567. The lowest BCUT2D eigenvalue weighted by Crippen LogP contribution is -2.48. The number of halogens is 1. The summed E-state index contributed by atoms with van der Waals surface area (Å²) in [6.07, 6.45) is 0.309. The van der Waals surface area contributed by atoms with Crippen molar-refractivity contribution >= 4 is 28.9 Å². The van der Waals surface area contributed by atoms with E-state index in [4.69, 9.17) is 11.6 Å². The third-order valence-electron chi connectivity index (χ3n) is 4.80. The van der Waals surface area contributed by atoms with Crippen molar-refractivity contribution in [3.05, 3.63) is 69.2 Å². The predicted octanol–water partition coefficient (Wildman–Crippen LogP) is 3.39. The Bertz CT molecular complexity index is 820. The number of hydrogen-bond donors (Lipinski definition) is 1. The van der Waals surface area contributed by atoms with Crippen LogP contribution in [0.2, 0.25) is 5.02 Å². The summed E-state index contributed by atoms with van der Waals surface area (Å²) in [5, 5.41) is 14.8. The zero-order valence-electron chi connectivity index (χ0n) is 15.5. The van der Waals surface area contributed by atoms with Crippen molar-refractivity contribution in [1.82, 2.24) is 9.80 Å². The smallest absolute Gasteiger partial charge is 0.292 e. The van der Waals surface area contributed by atoms with E-state index in [-0.39, 0.29) is 11.6 Å². The number of piperazine rings is 1. The van der Waals surface area contributed by atoms with Crippen LogP contribution in [-0.2, 0) is 11.3 Å². The van der Waals surface area contributed by atoms with E-state index in [1.807, 2.05) is 29.2 Å². The van der Waals surface area contributed by atoms with Gasteiger partial charge in [0, 0.05) is 56.8 Å². The van der Waals surface area contributed by atoms with E-state index in [1.165, 1.54) is 11.6 Å². The van der Waals surface area contributed by atoms with Crippen molar-refractivity contribution in [1.29, 1.82) is 0 Å². The van der Waals surface area contributed by atoms with Crippen LogP contribution < -0.4 is 5.32 Å². The number of nitro benzene ring substituents is 1. The Morgan fingerprint density at radius 1 is 1.07 bits per heavy atom. The van der Waals surface area contributed by atoms with Crippen molar-refractivity contribution in [2.75, 3.05) is 38.0 Å². The molecule has 2 aromatic carbocycles. The Morgan fingerprint density at radius 3 is 2.43 bits per heavy atom. The van der Waals surface area contributed by atoms with E-state index in [2.05, 4.69) is 10.2 Å². The largest absolute Gasteiger partial charge is 0.379 e. The highest BCUT2D eigenvalue weighted by molar-refractivity contribution is 6.30. The molecule has 1 heterocycles. The molecule has 0 unspecified atom stereocenters. The number of amides is 1. The molecule has 28 heavy (non-hydrogen) atoms. The molecule has 0 radical (unpaired) electrons. The second-order valence-corrected chi connectivity index (χ2v) is 7.17. The minimum absolute atomic E-state index is 0.0192. The molecule has 1 amide bonds. The van der Waals surface area contributed by atoms with Gasteiger partial charge in [0.1, 0.15) is 5.69 Å². The number of anilines is 1. The topological polar surface area (TPSA) is 78.7 Å². The van der Waals surface area contributed by atoms with Gasteiger partial charge >= 0.3 is 0 Å². The van der Waals surface area contributed by atoms with Crippen molar-refractivity contribution < 1.29 is 9.72 Å². The van der Waals surface area contributed by atoms with Gasteiger partial charge in [0.05, 0.1) is 4.92 Å². The summed E-state index contributed by atoms with van der Waals surface area (Å²) in [7, 11) is 0. The molecule has 3 rings (SSSR count). The van der Waals surface area contributed by atoms with Crippen LogP contribution in [-0.4, -0.2) is 53.4 Å². The molecule has 2 aromatic rings. The first-order valence-electron chi connectivity index (χ1n) is 9.25. The third-order valence-corrected chi connectivity index (χ3v) is 5.05. The standard InChI is InChI=1S/C20H23ClN4O3/c21-17-7-5-16(6-8-17)15-23-11-13-24(14-12-23)20(26)9-10-22-18-3-1-2-4-19(18)25(27)28/h1-8,22H,9-15H2. The Balaban J connectivity index is 1.42. The zero-order valence-corrected chi connectivity index (χ0v) is 16.3. The van der Waals surface area contributed by atoms with Crippen molar-refractivity contribution in [2.24, 2.45) is 0 Å². The molecule has 0 aliphatic carbocycles. The molecule has 1 aliphatic rings. The summed E-state index contributed by atoms with van der Waals surface area (Å²) in [4.78, 5) is 27.2. The number of benzene rings is 2.